The van der Waals surface area contributed by atoms with Gasteiger partial charge in [0.25, 0.3) is 0 Å². The zero-order valence-electron chi connectivity index (χ0n) is 18.4. The summed E-state index contributed by atoms with van der Waals surface area (Å²) in [5, 5.41) is 33.8. The maximum atomic E-state index is 13.7. The number of ether oxygens (including phenoxy) is 1. The van der Waals surface area contributed by atoms with Gasteiger partial charge in [0, 0.05) is 17.3 Å². The second-order valence-corrected chi connectivity index (χ2v) is 8.56. The maximum absolute atomic E-state index is 13.7. The summed E-state index contributed by atoms with van der Waals surface area (Å²) >= 11 is 0. The number of nitrogens with one attached hydrogen (secondary N) is 1. The number of rotatable bonds is 5. The van der Waals surface area contributed by atoms with Crippen molar-refractivity contribution in [1.82, 2.24) is 5.32 Å². The molecule has 1 aromatic rings. The van der Waals surface area contributed by atoms with Gasteiger partial charge in [0.1, 0.15) is 34.0 Å². The van der Waals surface area contributed by atoms with Crippen LogP contribution in [0.25, 0.3) is 0 Å². The van der Waals surface area contributed by atoms with E-state index in [4.69, 9.17) is 4.74 Å². The third-order valence-electron chi connectivity index (χ3n) is 6.16. The maximum Gasteiger partial charge on any atom is 0.194 e. The van der Waals surface area contributed by atoms with Crippen molar-refractivity contribution < 1.29 is 34.4 Å². The molecule has 3 rings (SSSR count). The third kappa shape index (κ3) is 3.13. The zero-order chi connectivity index (χ0) is 23.4. The quantitative estimate of drug-likeness (QED) is 0.318. The van der Waals surface area contributed by atoms with Crippen LogP contribution in [-0.2, 0) is 15.0 Å². The Hall–Kier alpha value is -3.13. The Labute approximate surface area is 180 Å². The SMILES string of the molecule is CC(=O)c1c(O)c(C)c(O)c2c1OC1=CC(=O)/C(=C(/C)N[C@@H](CO)C(C)C)C(=O)[C@@]12C. The van der Waals surface area contributed by atoms with Gasteiger partial charge in [0.2, 0.25) is 0 Å². The summed E-state index contributed by atoms with van der Waals surface area (Å²) in [7, 11) is 0. The minimum absolute atomic E-state index is 0.0144. The van der Waals surface area contributed by atoms with E-state index in [1.807, 2.05) is 13.8 Å². The molecule has 1 heterocycles. The summed E-state index contributed by atoms with van der Waals surface area (Å²) in [6.45, 7) is 9.37. The van der Waals surface area contributed by atoms with Gasteiger partial charge in [-0.3, -0.25) is 14.4 Å². The summed E-state index contributed by atoms with van der Waals surface area (Å²) in [5.74, 6) is -2.58. The summed E-state index contributed by atoms with van der Waals surface area (Å²) in [6.07, 6.45) is 1.17. The highest BCUT2D eigenvalue weighted by molar-refractivity contribution is 6.31. The van der Waals surface area contributed by atoms with E-state index in [0.717, 1.165) is 0 Å². The molecule has 8 nitrogen and oxygen atoms in total. The Kier molecular flexibility index (Phi) is 5.48. The minimum atomic E-state index is -1.55. The Balaban J connectivity index is 2.26. The summed E-state index contributed by atoms with van der Waals surface area (Å²) in [6, 6.07) is -0.365. The van der Waals surface area contributed by atoms with Gasteiger partial charge in [-0.15, -0.1) is 0 Å². The molecule has 0 fully saturated rings. The fourth-order valence-electron chi connectivity index (χ4n) is 4.14. The van der Waals surface area contributed by atoms with Crippen molar-refractivity contribution in [2.45, 2.75) is 53.0 Å². The molecule has 166 valence electrons. The third-order valence-corrected chi connectivity index (χ3v) is 6.16. The molecule has 0 saturated heterocycles. The smallest absolute Gasteiger partial charge is 0.194 e. The standard InChI is InChI=1S/C23H27NO7/c1-9(2)13(8-25)24-11(4)16-14(27)7-15-23(6,22(16)30)18-20(29)10(3)19(28)17(12(5)26)21(18)31-15/h7,9,13,24-25,28-29H,8H2,1-6H3/b16-11+/t13-,23-/m0/s1. The normalized spacial score (nSPS) is 22.5. The lowest BCUT2D eigenvalue weighted by molar-refractivity contribution is -0.123. The summed E-state index contributed by atoms with van der Waals surface area (Å²) in [5.41, 5.74) is -1.43. The molecule has 0 aromatic heterocycles. The van der Waals surface area contributed by atoms with Crippen LogP contribution in [0.1, 0.15) is 56.1 Å². The number of hydrogen-bond acceptors (Lipinski definition) is 8. The molecular formula is C23H27NO7. The molecule has 0 unspecified atom stereocenters. The Morgan fingerprint density at radius 1 is 1.19 bits per heavy atom. The number of Topliss-reactive ketones (excluding diaryl/α,β-unsaturated/α-hetero) is 2. The second kappa shape index (κ2) is 7.53. The van der Waals surface area contributed by atoms with Gasteiger partial charge in [-0.05, 0) is 33.6 Å². The van der Waals surface area contributed by atoms with Crippen LogP contribution in [0.3, 0.4) is 0 Å². The molecular weight excluding hydrogens is 402 g/mol. The largest absolute Gasteiger partial charge is 0.507 e. The van der Waals surface area contributed by atoms with Crippen LogP contribution in [-0.4, -0.2) is 45.3 Å². The number of aliphatic hydroxyl groups is 1. The molecule has 31 heavy (non-hydrogen) atoms. The number of aliphatic hydroxyl groups excluding tert-OH is 1. The lowest BCUT2D eigenvalue weighted by atomic mass is 9.70. The number of allylic oxidation sites excluding steroid dienone is 4. The van der Waals surface area contributed by atoms with Gasteiger partial charge < -0.3 is 25.4 Å². The second-order valence-electron chi connectivity index (χ2n) is 8.56. The van der Waals surface area contributed by atoms with E-state index in [2.05, 4.69) is 5.32 Å². The molecule has 1 aliphatic carbocycles. The van der Waals surface area contributed by atoms with E-state index in [9.17, 15) is 29.7 Å². The highest BCUT2D eigenvalue weighted by atomic mass is 16.5. The molecule has 0 spiro atoms. The van der Waals surface area contributed by atoms with Crippen molar-refractivity contribution in [3.05, 3.63) is 39.8 Å². The van der Waals surface area contributed by atoms with Crippen LogP contribution in [0.4, 0.5) is 0 Å². The van der Waals surface area contributed by atoms with Crippen molar-refractivity contribution in [2.24, 2.45) is 5.92 Å². The average Bonchev–Trinajstić information content (AvgIpc) is 2.97. The van der Waals surface area contributed by atoms with Gasteiger partial charge in [-0.1, -0.05) is 13.8 Å². The van der Waals surface area contributed by atoms with E-state index in [0.29, 0.717) is 5.70 Å². The molecule has 2 aliphatic rings. The summed E-state index contributed by atoms with van der Waals surface area (Å²) < 4.78 is 5.73. The molecule has 0 bridgehead atoms. The number of hydrogen-bond donors (Lipinski definition) is 4. The fourth-order valence-corrected chi connectivity index (χ4v) is 4.14. The zero-order valence-corrected chi connectivity index (χ0v) is 18.4. The number of phenolic OH excluding ortho intramolecular Hbond substituents is 2. The van der Waals surface area contributed by atoms with E-state index >= 15 is 0 Å². The van der Waals surface area contributed by atoms with Gasteiger partial charge in [0.15, 0.2) is 17.3 Å². The molecule has 4 N–H and O–H groups in total. The molecule has 0 amide bonds. The van der Waals surface area contributed by atoms with Crippen molar-refractivity contribution in [1.29, 1.82) is 0 Å². The minimum Gasteiger partial charge on any atom is -0.507 e. The van der Waals surface area contributed by atoms with Gasteiger partial charge >= 0.3 is 0 Å². The van der Waals surface area contributed by atoms with Gasteiger partial charge in [-0.2, -0.15) is 0 Å². The highest BCUT2D eigenvalue weighted by Gasteiger charge is 2.56. The van der Waals surface area contributed by atoms with Crippen molar-refractivity contribution in [2.75, 3.05) is 6.61 Å². The fraction of sp³-hybridized carbons (Fsp3) is 0.435. The number of ketones is 3. The molecule has 8 heteroatoms. The predicted octanol–water partition coefficient (Wildman–Crippen LogP) is 2.18. The Bertz CT molecular complexity index is 1080. The number of aromatic hydroxyl groups is 2. The number of carbonyl (C=O) groups is 3. The van der Waals surface area contributed by atoms with Crippen LogP contribution in [0.5, 0.6) is 17.2 Å². The van der Waals surface area contributed by atoms with Crippen molar-refractivity contribution in [3.63, 3.8) is 0 Å². The van der Waals surface area contributed by atoms with Gasteiger partial charge in [0.05, 0.1) is 23.8 Å². The molecule has 1 aliphatic heterocycles. The first-order valence-corrected chi connectivity index (χ1v) is 10.0. The van der Waals surface area contributed by atoms with Crippen LogP contribution < -0.4 is 10.1 Å². The monoisotopic (exact) mass is 429 g/mol. The molecule has 0 radical (unpaired) electrons. The van der Waals surface area contributed by atoms with E-state index in [1.165, 1.54) is 26.8 Å². The summed E-state index contributed by atoms with van der Waals surface area (Å²) in [4.78, 5) is 38.7. The highest BCUT2D eigenvalue weighted by Crippen LogP contribution is 2.57. The lowest BCUT2D eigenvalue weighted by Crippen LogP contribution is -2.43. The van der Waals surface area contributed by atoms with E-state index < -0.39 is 28.5 Å². The lowest BCUT2D eigenvalue weighted by Gasteiger charge is -2.30. The topological polar surface area (TPSA) is 133 Å². The predicted molar refractivity (Wildman–Crippen MR) is 112 cm³/mol. The molecule has 1 aromatic carbocycles. The number of carbonyl (C=O) groups excluding carboxylic acids is 3. The Morgan fingerprint density at radius 2 is 1.81 bits per heavy atom. The molecule has 2 atom stereocenters. The average molecular weight is 429 g/mol. The number of benzene rings is 1. The van der Waals surface area contributed by atoms with Crippen LogP contribution >= 0.6 is 0 Å². The van der Waals surface area contributed by atoms with Crippen LogP contribution in [0, 0.1) is 12.8 Å². The van der Waals surface area contributed by atoms with Gasteiger partial charge in [-0.25, -0.2) is 0 Å². The first-order valence-electron chi connectivity index (χ1n) is 10.0. The Morgan fingerprint density at radius 3 is 2.32 bits per heavy atom. The number of fused-ring (bicyclic) bond motifs is 3. The van der Waals surface area contributed by atoms with Crippen molar-refractivity contribution in [3.8, 4) is 17.2 Å². The van der Waals surface area contributed by atoms with Crippen molar-refractivity contribution >= 4 is 17.3 Å². The number of phenols is 2. The van der Waals surface area contributed by atoms with Crippen LogP contribution in [0.2, 0.25) is 0 Å². The first-order chi connectivity index (χ1) is 14.4. The van der Waals surface area contributed by atoms with Crippen LogP contribution in [0.15, 0.2) is 23.1 Å². The molecule has 0 saturated carbocycles. The van der Waals surface area contributed by atoms with E-state index in [-0.39, 0.29) is 58.1 Å². The first kappa shape index (κ1) is 22.6. The van der Waals surface area contributed by atoms with E-state index in [1.54, 1.807) is 6.92 Å².